The van der Waals surface area contributed by atoms with Gasteiger partial charge in [0.05, 0.1) is 11.9 Å². The Labute approximate surface area is 199 Å². The van der Waals surface area contributed by atoms with Crippen LogP contribution in [0.15, 0.2) is 42.5 Å². The van der Waals surface area contributed by atoms with Crippen molar-refractivity contribution in [1.29, 1.82) is 0 Å². The summed E-state index contributed by atoms with van der Waals surface area (Å²) in [5, 5.41) is 3.48. The Hall–Kier alpha value is -2.29. The normalized spacial score (nSPS) is 12.2. The average Bonchev–Trinajstić information content (AvgIpc) is 2.72. The van der Waals surface area contributed by atoms with Gasteiger partial charge in [-0.3, -0.25) is 13.9 Å². The van der Waals surface area contributed by atoms with Gasteiger partial charge in [-0.1, -0.05) is 48.3 Å². The van der Waals surface area contributed by atoms with E-state index >= 15 is 0 Å². The molecular formula is C22H27Cl2N3O4S. The number of benzene rings is 2. The number of hydrogen-bond donors (Lipinski definition) is 1. The summed E-state index contributed by atoms with van der Waals surface area (Å²) in [7, 11) is -2.32. The lowest BCUT2D eigenvalue weighted by Crippen LogP contribution is -2.51. The second-order valence-electron chi connectivity index (χ2n) is 7.35. The molecule has 2 rings (SSSR count). The molecule has 0 radical (unpaired) electrons. The van der Waals surface area contributed by atoms with Crippen molar-refractivity contribution in [1.82, 2.24) is 10.2 Å². The number of rotatable bonds is 9. The van der Waals surface area contributed by atoms with E-state index in [-0.39, 0.29) is 12.5 Å². The highest BCUT2D eigenvalue weighted by Gasteiger charge is 2.32. The summed E-state index contributed by atoms with van der Waals surface area (Å²) in [6.45, 7) is 3.08. The molecule has 7 nitrogen and oxygen atoms in total. The molecule has 1 atom stereocenters. The molecule has 0 aromatic heterocycles. The van der Waals surface area contributed by atoms with Crippen LogP contribution >= 0.6 is 23.2 Å². The molecule has 0 aliphatic carbocycles. The Morgan fingerprint density at radius 1 is 1.12 bits per heavy atom. The summed E-state index contributed by atoms with van der Waals surface area (Å²) >= 11 is 12.3. The molecular weight excluding hydrogens is 473 g/mol. The zero-order valence-corrected chi connectivity index (χ0v) is 20.8. The van der Waals surface area contributed by atoms with Crippen molar-refractivity contribution in [3.63, 3.8) is 0 Å². The van der Waals surface area contributed by atoms with Crippen molar-refractivity contribution in [2.45, 2.75) is 32.9 Å². The maximum Gasteiger partial charge on any atom is 0.244 e. The Morgan fingerprint density at radius 3 is 2.31 bits per heavy atom. The van der Waals surface area contributed by atoms with Gasteiger partial charge < -0.3 is 10.2 Å². The van der Waals surface area contributed by atoms with Crippen molar-refractivity contribution in [3.8, 4) is 0 Å². The fourth-order valence-electron chi connectivity index (χ4n) is 3.39. The monoisotopic (exact) mass is 499 g/mol. The third-order valence-corrected chi connectivity index (χ3v) is 6.77. The molecule has 174 valence electrons. The van der Waals surface area contributed by atoms with E-state index in [1.54, 1.807) is 56.3 Å². The van der Waals surface area contributed by atoms with Gasteiger partial charge >= 0.3 is 0 Å². The van der Waals surface area contributed by atoms with Gasteiger partial charge in [-0.15, -0.1) is 0 Å². The van der Waals surface area contributed by atoms with E-state index in [0.29, 0.717) is 33.3 Å². The predicted octanol–water partition coefficient (Wildman–Crippen LogP) is 3.62. The number of carbonyl (C=O) groups excluding carboxylic acids is 2. The zero-order valence-electron chi connectivity index (χ0n) is 18.4. The number of halogens is 2. The number of amides is 2. The maximum atomic E-state index is 13.5. The van der Waals surface area contributed by atoms with Crippen LogP contribution in [-0.2, 0) is 26.2 Å². The lowest BCUT2D eigenvalue weighted by Gasteiger charge is -2.33. The molecule has 0 heterocycles. The van der Waals surface area contributed by atoms with Gasteiger partial charge in [0.25, 0.3) is 0 Å². The fraction of sp³-hybridized carbons (Fsp3) is 0.364. The quantitative estimate of drug-likeness (QED) is 0.570. The minimum Gasteiger partial charge on any atom is -0.357 e. The van der Waals surface area contributed by atoms with Crippen molar-refractivity contribution in [2.75, 3.05) is 24.2 Å². The average molecular weight is 500 g/mol. The summed E-state index contributed by atoms with van der Waals surface area (Å²) in [4.78, 5) is 27.3. The SMILES string of the molecule is CC[C@H](C(=O)NC)N(Cc1ccccc1Cl)C(=O)CN(c1ccc(Cl)cc1C)S(C)(=O)=O. The number of sulfonamides is 1. The first-order valence-electron chi connectivity index (χ1n) is 9.97. The molecule has 1 N–H and O–H groups in total. The first kappa shape index (κ1) is 26.0. The second-order valence-corrected chi connectivity index (χ2v) is 10.1. The van der Waals surface area contributed by atoms with Crippen LogP contribution in [0.3, 0.4) is 0 Å². The van der Waals surface area contributed by atoms with Gasteiger partial charge in [-0.05, 0) is 48.7 Å². The van der Waals surface area contributed by atoms with Gasteiger partial charge in [0.1, 0.15) is 12.6 Å². The number of carbonyl (C=O) groups is 2. The molecule has 10 heteroatoms. The van der Waals surface area contributed by atoms with Crippen LogP contribution in [0.1, 0.15) is 24.5 Å². The van der Waals surface area contributed by atoms with Gasteiger partial charge in [0.2, 0.25) is 21.8 Å². The Morgan fingerprint density at radius 2 is 1.78 bits per heavy atom. The van der Waals surface area contributed by atoms with Gasteiger partial charge in [-0.25, -0.2) is 8.42 Å². The highest BCUT2D eigenvalue weighted by molar-refractivity contribution is 7.92. The molecule has 0 aliphatic rings. The second kappa shape index (κ2) is 11.0. The molecule has 0 unspecified atom stereocenters. The van der Waals surface area contributed by atoms with Crippen molar-refractivity contribution >= 4 is 50.7 Å². The Balaban J connectivity index is 2.48. The minimum atomic E-state index is -3.81. The van der Waals surface area contributed by atoms with Crippen molar-refractivity contribution < 1.29 is 18.0 Å². The predicted molar refractivity (Wildman–Crippen MR) is 129 cm³/mol. The largest absolute Gasteiger partial charge is 0.357 e. The molecule has 2 aromatic carbocycles. The minimum absolute atomic E-state index is 0.0572. The fourth-order valence-corrected chi connectivity index (χ4v) is 4.72. The Bertz CT molecular complexity index is 1090. The molecule has 0 aliphatic heterocycles. The van der Waals surface area contributed by atoms with E-state index in [1.165, 1.54) is 11.9 Å². The van der Waals surface area contributed by atoms with Gasteiger partial charge in [0.15, 0.2) is 0 Å². The third-order valence-electron chi connectivity index (χ3n) is 5.04. The molecule has 0 bridgehead atoms. The molecule has 0 spiro atoms. The maximum absolute atomic E-state index is 13.5. The first-order valence-corrected chi connectivity index (χ1v) is 12.6. The molecule has 0 saturated heterocycles. The number of nitrogens with zero attached hydrogens (tertiary/aromatic N) is 2. The van der Waals surface area contributed by atoms with Crippen molar-refractivity contribution in [3.05, 3.63) is 63.6 Å². The van der Waals surface area contributed by atoms with Crippen molar-refractivity contribution in [2.24, 2.45) is 0 Å². The van der Waals surface area contributed by atoms with Crippen LogP contribution in [0.4, 0.5) is 5.69 Å². The molecule has 0 saturated carbocycles. The van der Waals surface area contributed by atoms with Crippen LogP contribution in [-0.4, -0.2) is 51.0 Å². The van der Waals surface area contributed by atoms with E-state index < -0.39 is 28.5 Å². The highest BCUT2D eigenvalue weighted by Crippen LogP contribution is 2.26. The van der Waals surface area contributed by atoms with E-state index in [9.17, 15) is 18.0 Å². The topological polar surface area (TPSA) is 86.8 Å². The molecule has 0 fully saturated rings. The van der Waals surface area contributed by atoms with Crippen LogP contribution in [0.2, 0.25) is 10.0 Å². The first-order chi connectivity index (χ1) is 15.0. The summed E-state index contributed by atoms with van der Waals surface area (Å²) in [6, 6.07) is 11.0. The molecule has 2 amide bonds. The number of aryl methyl sites for hydroxylation is 1. The molecule has 2 aromatic rings. The lowest BCUT2D eigenvalue weighted by molar-refractivity contribution is -0.140. The van der Waals surface area contributed by atoms with E-state index in [2.05, 4.69) is 5.32 Å². The van der Waals surface area contributed by atoms with Crippen LogP contribution in [0.5, 0.6) is 0 Å². The van der Waals surface area contributed by atoms with Gasteiger partial charge in [0, 0.05) is 23.6 Å². The summed E-state index contributed by atoms with van der Waals surface area (Å²) in [5.41, 5.74) is 1.60. The van der Waals surface area contributed by atoms with Crippen LogP contribution in [0.25, 0.3) is 0 Å². The number of anilines is 1. The van der Waals surface area contributed by atoms with E-state index in [4.69, 9.17) is 23.2 Å². The summed E-state index contributed by atoms with van der Waals surface area (Å²) in [5.74, 6) is -0.873. The summed E-state index contributed by atoms with van der Waals surface area (Å²) in [6.07, 6.45) is 1.37. The summed E-state index contributed by atoms with van der Waals surface area (Å²) < 4.78 is 26.2. The van der Waals surface area contributed by atoms with Crippen LogP contribution in [0, 0.1) is 6.92 Å². The van der Waals surface area contributed by atoms with E-state index in [1.807, 2.05) is 0 Å². The highest BCUT2D eigenvalue weighted by atomic mass is 35.5. The number of nitrogens with one attached hydrogen (secondary N) is 1. The van der Waals surface area contributed by atoms with Gasteiger partial charge in [-0.2, -0.15) is 0 Å². The lowest BCUT2D eigenvalue weighted by atomic mass is 10.1. The standard InChI is InChI=1S/C22H27Cl2N3O4S/c1-5-19(22(29)25-3)26(13-16-8-6-7-9-18(16)24)21(28)14-27(32(4,30)31)20-11-10-17(23)12-15(20)2/h6-12,19H,5,13-14H2,1-4H3,(H,25,29)/t19-/m1/s1. The third kappa shape index (κ3) is 6.37. The Kier molecular flexibility index (Phi) is 8.95. The van der Waals surface area contributed by atoms with E-state index in [0.717, 1.165) is 10.6 Å². The van der Waals surface area contributed by atoms with Crippen LogP contribution < -0.4 is 9.62 Å². The number of hydrogen-bond acceptors (Lipinski definition) is 4. The zero-order chi connectivity index (χ0) is 24.1. The molecule has 32 heavy (non-hydrogen) atoms. The smallest absolute Gasteiger partial charge is 0.244 e. The number of likely N-dealkylation sites (N-methyl/N-ethyl adjacent to an activating group) is 1.